The van der Waals surface area contributed by atoms with Gasteiger partial charge >= 0.3 is 0 Å². The van der Waals surface area contributed by atoms with Gasteiger partial charge < -0.3 is 10.2 Å². The van der Waals surface area contributed by atoms with E-state index in [0.29, 0.717) is 0 Å². The fourth-order valence-electron chi connectivity index (χ4n) is 2.77. The number of nitrogens with one attached hydrogen (secondary N) is 1. The SMILES string of the molecule is Cc1ccc(CC(C)N(C)C(=O)C2CCCNC2)cc1. The van der Waals surface area contributed by atoms with E-state index in [2.05, 4.69) is 43.4 Å². The molecule has 3 nitrogen and oxygen atoms in total. The van der Waals surface area contributed by atoms with E-state index < -0.39 is 0 Å². The van der Waals surface area contributed by atoms with Crippen molar-refractivity contribution in [3.8, 4) is 0 Å². The predicted octanol–water partition coefficient (Wildman–Crippen LogP) is 2.38. The molecule has 1 aromatic rings. The Bertz CT molecular complexity index is 435. The molecule has 1 aliphatic rings. The first-order chi connectivity index (χ1) is 9.58. The normalized spacial score (nSPS) is 20.4. The van der Waals surface area contributed by atoms with Crippen molar-refractivity contribution in [3.05, 3.63) is 35.4 Å². The number of hydrogen-bond donors (Lipinski definition) is 1. The lowest BCUT2D eigenvalue weighted by Gasteiger charge is -2.31. The topological polar surface area (TPSA) is 32.3 Å². The van der Waals surface area contributed by atoms with Gasteiger partial charge in [-0.3, -0.25) is 4.79 Å². The summed E-state index contributed by atoms with van der Waals surface area (Å²) in [6, 6.07) is 8.83. The zero-order valence-electron chi connectivity index (χ0n) is 12.9. The van der Waals surface area contributed by atoms with E-state index >= 15 is 0 Å². The van der Waals surface area contributed by atoms with Gasteiger partial charge in [0.15, 0.2) is 0 Å². The molecule has 3 heteroatoms. The Morgan fingerprint density at radius 1 is 1.40 bits per heavy atom. The number of likely N-dealkylation sites (N-methyl/N-ethyl adjacent to an activating group) is 1. The van der Waals surface area contributed by atoms with Crippen LogP contribution in [0.4, 0.5) is 0 Å². The molecule has 2 rings (SSSR count). The van der Waals surface area contributed by atoms with Crippen molar-refractivity contribution in [2.75, 3.05) is 20.1 Å². The molecule has 2 atom stereocenters. The number of piperidine rings is 1. The average Bonchev–Trinajstić information content (AvgIpc) is 2.49. The van der Waals surface area contributed by atoms with E-state index in [0.717, 1.165) is 32.4 Å². The number of nitrogens with zero attached hydrogens (tertiary/aromatic N) is 1. The maximum Gasteiger partial charge on any atom is 0.226 e. The zero-order valence-corrected chi connectivity index (χ0v) is 12.9. The molecule has 0 aromatic heterocycles. The van der Waals surface area contributed by atoms with E-state index in [1.54, 1.807) is 0 Å². The number of benzene rings is 1. The molecular weight excluding hydrogens is 248 g/mol. The fourth-order valence-corrected chi connectivity index (χ4v) is 2.77. The van der Waals surface area contributed by atoms with Gasteiger partial charge in [-0.05, 0) is 45.2 Å². The van der Waals surface area contributed by atoms with Crippen LogP contribution < -0.4 is 5.32 Å². The summed E-state index contributed by atoms with van der Waals surface area (Å²) >= 11 is 0. The summed E-state index contributed by atoms with van der Waals surface area (Å²) in [4.78, 5) is 14.4. The van der Waals surface area contributed by atoms with Crippen molar-refractivity contribution in [2.24, 2.45) is 5.92 Å². The highest BCUT2D eigenvalue weighted by molar-refractivity contribution is 5.79. The molecule has 1 aromatic carbocycles. The predicted molar refractivity (Wildman–Crippen MR) is 82.7 cm³/mol. The van der Waals surface area contributed by atoms with Crippen molar-refractivity contribution < 1.29 is 4.79 Å². The molecule has 110 valence electrons. The van der Waals surface area contributed by atoms with Gasteiger partial charge in [-0.1, -0.05) is 29.8 Å². The number of hydrogen-bond acceptors (Lipinski definition) is 2. The summed E-state index contributed by atoms with van der Waals surface area (Å²) in [6.45, 7) is 6.11. The number of aryl methyl sites for hydroxylation is 1. The second kappa shape index (κ2) is 6.89. The summed E-state index contributed by atoms with van der Waals surface area (Å²) in [5.74, 6) is 0.450. The Morgan fingerprint density at radius 2 is 2.10 bits per heavy atom. The van der Waals surface area contributed by atoms with Crippen LogP contribution in [0, 0.1) is 12.8 Å². The van der Waals surface area contributed by atoms with Gasteiger partial charge in [0.1, 0.15) is 0 Å². The van der Waals surface area contributed by atoms with Crippen LogP contribution >= 0.6 is 0 Å². The van der Waals surface area contributed by atoms with Crippen LogP contribution in [0.15, 0.2) is 24.3 Å². The molecule has 0 spiro atoms. The number of carbonyl (C=O) groups is 1. The lowest BCUT2D eigenvalue weighted by molar-refractivity contribution is -0.136. The van der Waals surface area contributed by atoms with Gasteiger partial charge in [-0.2, -0.15) is 0 Å². The zero-order chi connectivity index (χ0) is 14.5. The summed E-state index contributed by atoms with van der Waals surface area (Å²) in [6.07, 6.45) is 3.05. The third-order valence-corrected chi connectivity index (χ3v) is 4.31. The quantitative estimate of drug-likeness (QED) is 0.914. The van der Waals surface area contributed by atoms with Crippen molar-refractivity contribution in [2.45, 2.75) is 39.2 Å². The van der Waals surface area contributed by atoms with E-state index in [4.69, 9.17) is 0 Å². The van der Waals surface area contributed by atoms with E-state index in [1.807, 2.05) is 11.9 Å². The van der Waals surface area contributed by atoms with Crippen LogP contribution in [0.2, 0.25) is 0 Å². The molecular formula is C17H26N2O. The lowest BCUT2D eigenvalue weighted by Crippen LogP contribution is -2.45. The third kappa shape index (κ3) is 3.83. The first-order valence-corrected chi connectivity index (χ1v) is 7.61. The molecule has 0 saturated carbocycles. The second-order valence-corrected chi connectivity index (χ2v) is 6.03. The number of carbonyl (C=O) groups excluding carboxylic acids is 1. The largest absolute Gasteiger partial charge is 0.342 e. The minimum atomic E-state index is 0.161. The molecule has 1 saturated heterocycles. The summed E-state index contributed by atoms with van der Waals surface area (Å²) in [5.41, 5.74) is 2.57. The van der Waals surface area contributed by atoms with E-state index in [-0.39, 0.29) is 17.9 Å². The lowest BCUT2D eigenvalue weighted by atomic mass is 9.97. The number of rotatable bonds is 4. The number of amides is 1. The van der Waals surface area contributed by atoms with Crippen LogP contribution in [0.3, 0.4) is 0 Å². The van der Waals surface area contributed by atoms with Crippen molar-refractivity contribution in [3.63, 3.8) is 0 Å². The highest BCUT2D eigenvalue weighted by atomic mass is 16.2. The van der Waals surface area contributed by atoms with Crippen molar-refractivity contribution >= 4 is 5.91 Å². The van der Waals surface area contributed by atoms with Crippen LogP contribution in [-0.4, -0.2) is 37.0 Å². The molecule has 1 fully saturated rings. The van der Waals surface area contributed by atoms with Gasteiger partial charge in [-0.25, -0.2) is 0 Å². The molecule has 0 aliphatic carbocycles. The average molecular weight is 274 g/mol. The van der Waals surface area contributed by atoms with Crippen LogP contribution in [0.1, 0.15) is 30.9 Å². The monoisotopic (exact) mass is 274 g/mol. The van der Waals surface area contributed by atoms with Crippen LogP contribution in [0.25, 0.3) is 0 Å². The highest BCUT2D eigenvalue weighted by Crippen LogP contribution is 2.16. The Labute approximate surface area is 122 Å². The third-order valence-electron chi connectivity index (χ3n) is 4.31. The van der Waals surface area contributed by atoms with Gasteiger partial charge in [0.2, 0.25) is 5.91 Å². The molecule has 0 bridgehead atoms. The molecule has 0 radical (unpaired) electrons. The minimum absolute atomic E-state index is 0.161. The van der Waals surface area contributed by atoms with E-state index in [1.165, 1.54) is 11.1 Å². The highest BCUT2D eigenvalue weighted by Gasteiger charge is 2.26. The van der Waals surface area contributed by atoms with Gasteiger partial charge in [0.05, 0.1) is 5.92 Å². The molecule has 1 amide bonds. The first kappa shape index (κ1) is 15.0. The van der Waals surface area contributed by atoms with Crippen molar-refractivity contribution in [1.82, 2.24) is 10.2 Å². The molecule has 2 unspecified atom stereocenters. The van der Waals surface area contributed by atoms with Gasteiger partial charge in [-0.15, -0.1) is 0 Å². The summed E-state index contributed by atoms with van der Waals surface area (Å²) < 4.78 is 0. The molecule has 1 heterocycles. The molecule has 20 heavy (non-hydrogen) atoms. The maximum atomic E-state index is 12.5. The molecule has 1 N–H and O–H groups in total. The Morgan fingerprint density at radius 3 is 2.70 bits per heavy atom. The fraction of sp³-hybridized carbons (Fsp3) is 0.588. The van der Waals surface area contributed by atoms with Gasteiger partial charge in [0.25, 0.3) is 0 Å². The summed E-state index contributed by atoms with van der Waals surface area (Å²) in [5, 5.41) is 3.32. The van der Waals surface area contributed by atoms with Gasteiger partial charge in [0, 0.05) is 19.6 Å². The first-order valence-electron chi connectivity index (χ1n) is 7.61. The summed E-state index contributed by atoms with van der Waals surface area (Å²) in [7, 11) is 1.94. The smallest absolute Gasteiger partial charge is 0.226 e. The van der Waals surface area contributed by atoms with Crippen molar-refractivity contribution in [1.29, 1.82) is 0 Å². The van der Waals surface area contributed by atoms with Crippen LogP contribution in [0.5, 0.6) is 0 Å². The standard InChI is InChI=1S/C17H26N2O/c1-13-6-8-15(9-7-13)11-14(2)19(3)17(20)16-5-4-10-18-12-16/h6-9,14,16,18H,4-5,10-12H2,1-3H3. The van der Waals surface area contributed by atoms with E-state index in [9.17, 15) is 4.79 Å². The Kier molecular flexibility index (Phi) is 5.18. The second-order valence-electron chi connectivity index (χ2n) is 6.03. The minimum Gasteiger partial charge on any atom is -0.342 e. The molecule has 1 aliphatic heterocycles. The van der Waals surface area contributed by atoms with Crippen LogP contribution in [-0.2, 0) is 11.2 Å². The Balaban J connectivity index is 1.91. The Hall–Kier alpha value is -1.35. The maximum absolute atomic E-state index is 12.5.